The molecule has 0 atom stereocenters. The Bertz CT molecular complexity index is 1250. The van der Waals surface area contributed by atoms with Gasteiger partial charge in [0.1, 0.15) is 11.6 Å². The smallest absolute Gasteiger partial charge is 0.266 e. The van der Waals surface area contributed by atoms with Crippen LogP contribution in [0.4, 0.5) is 4.39 Å². The van der Waals surface area contributed by atoms with Gasteiger partial charge in [-0.25, -0.2) is 18.9 Å². The number of aryl methyl sites for hydroxylation is 2. The number of fused-ring (bicyclic) bond motifs is 1. The predicted octanol–water partition coefficient (Wildman–Crippen LogP) is 4.40. The summed E-state index contributed by atoms with van der Waals surface area (Å²) in [6, 6.07) is 13.7. The van der Waals surface area contributed by atoms with Gasteiger partial charge in [0.15, 0.2) is 16.6 Å². The number of aromatic nitrogens is 4. The normalized spacial score (nSPS) is 11.2. The van der Waals surface area contributed by atoms with Crippen molar-refractivity contribution in [2.24, 2.45) is 0 Å². The molecule has 30 heavy (non-hydrogen) atoms. The minimum atomic E-state index is -0.405. The maximum atomic E-state index is 14.2. The summed E-state index contributed by atoms with van der Waals surface area (Å²) in [6.45, 7) is 4.69. The number of hydrogen-bond donors (Lipinski definition) is 1. The molecule has 0 bridgehead atoms. The highest BCUT2D eigenvalue weighted by atomic mass is 32.2. The van der Waals surface area contributed by atoms with Gasteiger partial charge in [-0.15, -0.1) is 0 Å². The summed E-state index contributed by atoms with van der Waals surface area (Å²) in [5, 5.41) is 3.24. The molecule has 2 heterocycles. The first-order chi connectivity index (χ1) is 14.5. The van der Waals surface area contributed by atoms with E-state index in [0.717, 1.165) is 12.2 Å². The van der Waals surface area contributed by atoms with Crippen LogP contribution in [0.5, 0.6) is 5.75 Å². The van der Waals surface area contributed by atoms with Crippen LogP contribution in [0.15, 0.2) is 58.5 Å². The van der Waals surface area contributed by atoms with Crippen LogP contribution < -0.4 is 10.3 Å². The third kappa shape index (κ3) is 4.38. The number of ether oxygens (including phenoxy) is 1. The zero-order valence-corrected chi connectivity index (χ0v) is 17.5. The van der Waals surface area contributed by atoms with Crippen LogP contribution in [0.2, 0.25) is 0 Å². The number of thioether (sulfide) groups is 1. The summed E-state index contributed by atoms with van der Waals surface area (Å²) < 4.78 is 21.5. The van der Waals surface area contributed by atoms with Gasteiger partial charge in [-0.1, -0.05) is 30.0 Å². The summed E-state index contributed by atoms with van der Waals surface area (Å²) in [6.07, 6.45) is 0.781. The number of aromatic amines is 1. The fraction of sp³-hybridized carbons (Fsp3) is 0.227. The predicted molar refractivity (Wildman–Crippen MR) is 116 cm³/mol. The Balaban J connectivity index is 1.47. The highest BCUT2D eigenvalue weighted by Gasteiger charge is 2.14. The van der Waals surface area contributed by atoms with Gasteiger partial charge >= 0.3 is 0 Å². The number of halogens is 1. The Kier molecular flexibility index (Phi) is 5.85. The van der Waals surface area contributed by atoms with Crippen LogP contribution in [0.1, 0.15) is 17.5 Å². The zero-order valence-electron chi connectivity index (χ0n) is 16.7. The van der Waals surface area contributed by atoms with E-state index in [2.05, 4.69) is 28.9 Å². The molecule has 0 fully saturated rings. The average Bonchev–Trinajstić information content (AvgIpc) is 3.11. The van der Waals surface area contributed by atoms with Crippen molar-refractivity contribution in [2.75, 3.05) is 12.4 Å². The molecule has 0 saturated heterocycles. The first-order valence-electron chi connectivity index (χ1n) is 9.59. The lowest BCUT2D eigenvalue weighted by Crippen LogP contribution is -2.06. The molecule has 4 rings (SSSR count). The fourth-order valence-electron chi connectivity index (χ4n) is 2.96. The van der Waals surface area contributed by atoms with E-state index >= 15 is 0 Å². The Labute approximate surface area is 177 Å². The highest BCUT2D eigenvalue weighted by Crippen LogP contribution is 2.24. The lowest BCUT2D eigenvalue weighted by Gasteiger charge is -2.09. The maximum Gasteiger partial charge on any atom is 0.266 e. The van der Waals surface area contributed by atoms with Gasteiger partial charge in [0.05, 0.1) is 12.2 Å². The van der Waals surface area contributed by atoms with Crippen LogP contribution >= 0.6 is 11.8 Å². The Morgan fingerprint density at radius 1 is 1.10 bits per heavy atom. The number of rotatable bonds is 7. The molecule has 0 aliphatic carbocycles. The molecule has 154 valence electrons. The maximum absolute atomic E-state index is 14.2. The zero-order chi connectivity index (χ0) is 21.1. The van der Waals surface area contributed by atoms with Crippen molar-refractivity contribution in [2.45, 2.75) is 25.4 Å². The van der Waals surface area contributed by atoms with Crippen molar-refractivity contribution in [3.05, 3.63) is 75.8 Å². The van der Waals surface area contributed by atoms with Crippen LogP contribution in [0.25, 0.3) is 17.0 Å². The van der Waals surface area contributed by atoms with Gasteiger partial charge in [0.25, 0.3) is 5.56 Å². The molecular weight excluding hydrogens is 403 g/mol. The summed E-state index contributed by atoms with van der Waals surface area (Å²) in [4.78, 5) is 20.6. The van der Waals surface area contributed by atoms with E-state index in [9.17, 15) is 9.18 Å². The van der Waals surface area contributed by atoms with Crippen LogP contribution in [-0.2, 0) is 0 Å². The average molecular weight is 425 g/mol. The molecule has 0 amide bonds. The van der Waals surface area contributed by atoms with Crippen molar-refractivity contribution in [3.8, 4) is 17.1 Å². The van der Waals surface area contributed by atoms with Gasteiger partial charge in [-0.3, -0.25) is 9.89 Å². The molecule has 0 radical (unpaired) electrons. The van der Waals surface area contributed by atoms with Crippen molar-refractivity contribution < 1.29 is 9.13 Å². The molecular formula is C22H21FN4O2S. The van der Waals surface area contributed by atoms with Gasteiger partial charge in [-0.05, 0) is 55.7 Å². The number of hydrogen-bond acceptors (Lipinski definition) is 5. The largest absolute Gasteiger partial charge is 0.494 e. The molecule has 1 N–H and O–H groups in total. The Morgan fingerprint density at radius 2 is 1.93 bits per heavy atom. The lowest BCUT2D eigenvalue weighted by molar-refractivity contribution is 0.318. The Morgan fingerprint density at radius 3 is 2.73 bits per heavy atom. The van der Waals surface area contributed by atoms with E-state index < -0.39 is 5.82 Å². The third-order valence-corrected chi connectivity index (χ3v) is 5.73. The minimum absolute atomic E-state index is 0.251. The standard InChI is InChI=1S/C22H21FN4O2S/c1-14-8-9-16(12-15(14)2)29-10-5-11-30-22-25-21(17-6-3-4-7-18(17)23)24-19-13-20(28)26-27(19)22/h3-4,6-9,12-13H,5,10-11H2,1-2H3,(H,26,28). The number of benzene rings is 2. The quantitative estimate of drug-likeness (QED) is 0.352. The van der Waals surface area contributed by atoms with Crippen molar-refractivity contribution in [1.82, 2.24) is 19.6 Å². The van der Waals surface area contributed by atoms with Crippen LogP contribution in [-0.4, -0.2) is 31.9 Å². The SMILES string of the molecule is Cc1ccc(OCCCSc2nc(-c3ccccc3F)nc3cc(=O)[nH]n23)cc1C. The summed E-state index contributed by atoms with van der Waals surface area (Å²) in [5.74, 6) is 1.41. The topological polar surface area (TPSA) is 72.3 Å². The molecule has 2 aromatic heterocycles. The minimum Gasteiger partial charge on any atom is -0.494 e. The molecule has 4 aromatic rings. The summed E-state index contributed by atoms with van der Waals surface area (Å²) >= 11 is 1.46. The lowest BCUT2D eigenvalue weighted by atomic mass is 10.1. The molecule has 0 spiro atoms. The molecule has 2 aromatic carbocycles. The van der Waals surface area contributed by atoms with Crippen molar-refractivity contribution >= 4 is 17.4 Å². The van der Waals surface area contributed by atoms with Crippen molar-refractivity contribution in [1.29, 1.82) is 0 Å². The second-order valence-electron chi connectivity index (χ2n) is 6.92. The highest BCUT2D eigenvalue weighted by molar-refractivity contribution is 7.99. The first kappa shape index (κ1) is 20.2. The number of H-pyrrole nitrogens is 1. The van der Waals surface area contributed by atoms with E-state index in [1.807, 2.05) is 18.2 Å². The van der Waals surface area contributed by atoms with E-state index in [4.69, 9.17) is 4.74 Å². The number of nitrogens with zero attached hydrogens (tertiary/aromatic N) is 3. The fourth-order valence-corrected chi connectivity index (χ4v) is 3.82. The van der Waals surface area contributed by atoms with E-state index in [-0.39, 0.29) is 11.4 Å². The van der Waals surface area contributed by atoms with Gasteiger partial charge in [0, 0.05) is 11.8 Å². The molecule has 0 saturated carbocycles. The Hall–Kier alpha value is -3.13. The second-order valence-corrected chi connectivity index (χ2v) is 7.98. The van der Waals surface area contributed by atoms with E-state index in [1.165, 1.54) is 39.5 Å². The van der Waals surface area contributed by atoms with E-state index in [1.54, 1.807) is 18.2 Å². The summed E-state index contributed by atoms with van der Waals surface area (Å²) in [5.41, 5.74) is 2.85. The molecule has 0 aliphatic heterocycles. The first-order valence-corrected chi connectivity index (χ1v) is 10.6. The van der Waals surface area contributed by atoms with E-state index in [0.29, 0.717) is 28.7 Å². The second kappa shape index (κ2) is 8.71. The molecule has 6 nitrogen and oxygen atoms in total. The van der Waals surface area contributed by atoms with Crippen molar-refractivity contribution in [3.63, 3.8) is 0 Å². The molecule has 0 aliphatic rings. The summed E-state index contributed by atoms with van der Waals surface area (Å²) in [7, 11) is 0. The van der Waals surface area contributed by atoms with Gasteiger partial charge < -0.3 is 4.74 Å². The molecule has 8 heteroatoms. The monoisotopic (exact) mass is 424 g/mol. The molecule has 0 unspecified atom stereocenters. The number of nitrogens with one attached hydrogen (secondary N) is 1. The van der Waals surface area contributed by atoms with Crippen LogP contribution in [0, 0.1) is 19.7 Å². The van der Waals surface area contributed by atoms with Gasteiger partial charge in [0.2, 0.25) is 0 Å². The third-order valence-electron chi connectivity index (χ3n) is 4.71. The van der Waals surface area contributed by atoms with Crippen LogP contribution in [0.3, 0.4) is 0 Å². The van der Waals surface area contributed by atoms with Gasteiger partial charge in [-0.2, -0.15) is 0 Å².